The molecule has 7 heteroatoms. The zero-order chi connectivity index (χ0) is 17.1. The van der Waals surface area contributed by atoms with Crippen LogP contribution in [-0.2, 0) is 9.59 Å². The monoisotopic (exact) mass is 319 g/mol. The number of carbonyl (C=O) groups excluding carboxylic acids is 1. The lowest BCUT2D eigenvalue weighted by Crippen LogP contribution is -2.40. The van der Waals surface area contributed by atoms with Crippen LogP contribution in [0.3, 0.4) is 0 Å². The van der Waals surface area contributed by atoms with E-state index in [-0.39, 0.29) is 6.61 Å². The number of hydrogen-bond acceptors (Lipinski definition) is 5. The molecule has 1 amide bonds. The van der Waals surface area contributed by atoms with Crippen molar-refractivity contribution >= 4 is 22.8 Å². The summed E-state index contributed by atoms with van der Waals surface area (Å²) >= 11 is 0. The van der Waals surface area contributed by atoms with Gasteiger partial charge in [-0.1, -0.05) is 0 Å². The Morgan fingerprint density at radius 3 is 2.70 bits per heavy atom. The molecule has 1 atom stereocenters. The Hall–Kier alpha value is -2.83. The molecule has 0 saturated heterocycles. The molecule has 1 heterocycles. The molecule has 0 aliphatic heterocycles. The summed E-state index contributed by atoms with van der Waals surface area (Å²) in [7, 11) is 0. The van der Waals surface area contributed by atoms with Crippen molar-refractivity contribution in [3.63, 3.8) is 0 Å². The first-order chi connectivity index (χ1) is 10.8. The van der Waals surface area contributed by atoms with E-state index >= 15 is 0 Å². The third kappa shape index (κ3) is 3.68. The third-order valence-electron chi connectivity index (χ3n) is 3.42. The second-order valence-electron chi connectivity index (χ2n) is 5.23. The van der Waals surface area contributed by atoms with Gasteiger partial charge in [-0.3, -0.25) is 9.59 Å². The van der Waals surface area contributed by atoms with Crippen molar-refractivity contribution in [3.05, 3.63) is 39.7 Å². The van der Waals surface area contributed by atoms with Gasteiger partial charge in [0.15, 0.2) is 6.61 Å². The minimum Gasteiger partial charge on any atom is -0.483 e. The summed E-state index contributed by atoms with van der Waals surface area (Å²) in [6, 6.07) is 3.83. The van der Waals surface area contributed by atoms with Crippen LogP contribution < -0.4 is 15.7 Å². The first-order valence-corrected chi connectivity index (χ1v) is 6.98. The summed E-state index contributed by atoms with van der Waals surface area (Å²) < 4.78 is 10.6. The standard InChI is InChI=1S/C16H17NO6/c1-8-6-14(19)23-15-9(2)12(5-4-11(8)15)22-7-13(18)17-10(3)16(20)21/h4-6,10H,7H2,1-3H3,(H,17,18)(H,20,21). The van der Waals surface area contributed by atoms with Gasteiger partial charge in [0, 0.05) is 17.0 Å². The summed E-state index contributed by atoms with van der Waals surface area (Å²) in [6.07, 6.45) is 0. The van der Waals surface area contributed by atoms with Crippen LogP contribution >= 0.6 is 0 Å². The average Bonchev–Trinajstić information content (AvgIpc) is 2.47. The van der Waals surface area contributed by atoms with E-state index in [1.807, 2.05) is 0 Å². The van der Waals surface area contributed by atoms with Crippen molar-refractivity contribution in [1.82, 2.24) is 5.32 Å². The van der Waals surface area contributed by atoms with Gasteiger partial charge in [0.25, 0.3) is 5.91 Å². The summed E-state index contributed by atoms with van der Waals surface area (Å²) in [6.45, 7) is 4.55. The molecule has 0 spiro atoms. The Labute approximate surface area is 131 Å². The molecule has 0 bridgehead atoms. The van der Waals surface area contributed by atoms with Crippen molar-refractivity contribution in [3.8, 4) is 5.75 Å². The lowest BCUT2D eigenvalue weighted by Gasteiger charge is -2.13. The number of rotatable bonds is 5. The highest BCUT2D eigenvalue weighted by Crippen LogP contribution is 2.27. The van der Waals surface area contributed by atoms with E-state index in [9.17, 15) is 14.4 Å². The summed E-state index contributed by atoms with van der Waals surface area (Å²) in [5.41, 5.74) is 1.34. The fourth-order valence-electron chi connectivity index (χ4n) is 2.14. The highest BCUT2D eigenvalue weighted by Gasteiger charge is 2.15. The Balaban J connectivity index is 2.18. The molecule has 0 fully saturated rings. The van der Waals surface area contributed by atoms with Crippen LogP contribution in [0.2, 0.25) is 0 Å². The number of hydrogen-bond donors (Lipinski definition) is 2. The molecule has 0 aliphatic carbocycles. The van der Waals surface area contributed by atoms with Crippen LogP contribution in [0.25, 0.3) is 11.0 Å². The molecule has 1 aromatic carbocycles. The van der Waals surface area contributed by atoms with Crippen molar-refractivity contribution in [2.24, 2.45) is 0 Å². The van der Waals surface area contributed by atoms with Crippen LogP contribution in [-0.4, -0.2) is 29.6 Å². The van der Waals surface area contributed by atoms with Crippen molar-refractivity contribution < 1.29 is 23.8 Å². The maximum absolute atomic E-state index is 11.6. The normalized spacial score (nSPS) is 12.0. The smallest absolute Gasteiger partial charge is 0.336 e. The highest BCUT2D eigenvalue weighted by molar-refractivity contribution is 5.86. The molecule has 0 aliphatic rings. The number of carbonyl (C=O) groups is 2. The number of aliphatic carboxylic acids is 1. The first kappa shape index (κ1) is 16.5. The van der Waals surface area contributed by atoms with E-state index in [1.165, 1.54) is 13.0 Å². The van der Waals surface area contributed by atoms with Gasteiger partial charge in [-0.05, 0) is 38.5 Å². The fourth-order valence-corrected chi connectivity index (χ4v) is 2.14. The highest BCUT2D eigenvalue weighted by atomic mass is 16.5. The number of carboxylic acids is 1. The second-order valence-corrected chi connectivity index (χ2v) is 5.23. The van der Waals surface area contributed by atoms with Gasteiger partial charge in [-0.2, -0.15) is 0 Å². The van der Waals surface area contributed by atoms with Crippen molar-refractivity contribution in [2.75, 3.05) is 6.61 Å². The molecular formula is C16H17NO6. The maximum Gasteiger partial charge on any atom is 0.336 e. The molecule has 1 unspecified atom stereocenters. The van der Waals surface area contributed by atoms with Crippen LogP contribution in [0.15, 0.2) is 27.4 Å². The minimum absolute atomic E-state index is 0.333. The number of nitrogens with one attached hydrogen (secondary N) is 1. The molecule has 1 aromatic heterocycles. The molecule has 2 N–H and O–H groups in total. The predicted molar refractivity (Wildman–Crippen MR) is 82.7 cm³/mol. The first-order valence-electron chi connectivity index (χ1n) is 6.98. The van der Waals surface area contributed by atoms with Crippen molar-refractivity contribution in [1.29, 1.82) is 0 Å². The van der Waals surface area contributed by atoms with E-state index in [2.05, 4.69) is 5.32 Å². The Morgan fingerprint density at radius 2 is 2.04 bits per heavy atom. The van der Waals surface area contributed by atoms with E-state index in [4.69, 9.17) is 14.3 Å². The SMILES string of the molecule is Cc1cc(=O)oc2c(C)c(OCC(=O)NC(C)C(=O)O)ccc12. The van der Waals surface area contributed by atoms with Crippen LogP contribution in [0.5, 0.6) is 5.75 Å². The van der Waals surface area contributed by atoms with E-state index < -0.39 is 23.5 Å². The lowest BCUT2D eigenvalue weighted by atomic mass is 10.1. The van der Waals surface area contributed by atoms with Crippen LogP contribution in [0.1, 0.15) is 18.1 Å². The van der Waals surface area contributed by atoms with Gasteiger partial charge >= 0.3 is 11.6 Å². The summed E-state index contributed by atoms with van der Waals surface area (Å²) in [4.78, 5) is 33.8. The third-order valence-corrected chi connectivity index (χ3v) is 3.42. The Kier molecular flexibility index (Phi) is 4.68. The maximum atomic E-state index is 11.6. The van der Waals surface area contributed by atoms with Gasteiger partial charge in [0.1, 0.15) is 17.4 Å². The topological polar surface area (TPSA) is 106 Å². The molecule has 7 nitrogen and oxygen atoms in total. The van der Waals surface area contributed by atoms with Gasteiger partial charge in [0.05, 0.1) is 0 Å². The molecule has 2 rings (SSSR count). The van der Waals surface area contributed by atoms with Crippen LogP contribution in [0.4, 0.5) is 0 Å². The van der Waals surface area contributed by atoms with E-state index in [0.29, 0.717) is 16.9 Å². The largest absolute Gasteiger partial charge is 0.483 e. The van der Waals surface area contributed by atoms with Crippen LogP contribution in [0, 0.1) is 13.8 Å². The van der Waals surface area contributed by atoms with Crippen molar-refractivity contribution in [2.45, 2.75) is 26.8 Å². The van der Waals surface area contributed by atoms with Gasteiger partial charge in [-0.15, -0.1) is 0 Å². The molecule has 122 valence electrons. The fraction of sp³-hybridized carbons (Fsp3) is 0.312. The zero-order valence-corrected chi connectivity index (χ0v) is 13.0. The van der Waals surface area contributed by atoms with Gasteiger partial charge in [0.2, 0.25) is 0 Å². The Morgan fingerprint density at radius 1 is 1.35 bits per heavy atom. The molecule has 0 radical (unpaired) electrons. The average molecular weight is 319 g/mol. The number of carboxylic acid groups (broad SMARTS) is 1. The van der Waals surface area contributed by atoms with E-state index in [1.54, 1.807) is 26.0 Å². The number of ether oxygens (including phenoxy) is 1. The lowest BCUT2D eigenvalue weighted by molar-refractivity contribution is -0.141. The van der Waals surface area contributed by atoms with Gasteiger partial charge in [-0.25, -0.2) is 4.79 Å². The quantitative estimate of drug-likeness (QED) is 0.806. The number of benzene rings is 1. The number of aryl methyl sites for hydroxylation is 2. The molecular weight excluding hydrogens is 302 g/mol. The predicted octanol–water partition coefficient (Wildman–Crippen LogP) is 1.38. The molecule has 23 heavy (non-hydrogen) atoms. The zero-order valence-electron chi connectivity index (χ0n) is 13.0. The second kappa shape index (κ2) is 6.51. The summed E-state index contributed by atoms with van der Waals surface area (Å²) in [5, 5.41) is 11.8. The Bertz CT molecular complexity index is 823. The van der Waals surface area contributed by atoms with E-state index in [0.717, 1.165) is 10.9 Å². The summed E-state index contributed by atoms with van der Waals surface area (Å²) in [5.74, 6) is -1.29. The number of amides is 1. The number of fused-ring (bicyclic) bond motifs is 1. The van der Waals surface area contributed by atoms with Gasteiger partial charge < -0.3 is 19.6 Å². The molecule has 2 aromatic rings. The molecule has 0 saturated carbocycles. The minimum atomic E-state index is -1.13.